The molecule has 1 aliphatic heterocycles. The highest BCUT2D eigenvalue weighted by molar-refractivity contribution is 5.77. The van der Waals surface area contributed by atoms with Crippen LogP contribution < -0.4 is 5.56 Å². The highest BCUT2D eigenvalue weighted by Crippen LogP contribution is 2.30. The van der Waals surface area contributed by atoms with Crippen LogP contribution in [0, 0.1) is 0 Å². The molecule has 0 bridgehead atoms. The fourth-order valence-corrected chi connectivity index (χ4v) is 3.48. The number of aryl methyl sites for hydroxylation is 1. The Hall–Kier alpha value is -2.64. The Bertz CT molecular complexity index is 944. The average Bonchev–Trinajstić information content (AvgIpc) is 2.68. The van der Waals surface area contributed by atoms with Crippen LogP contribution in [0.25, 0.3) is 11.0 Å². The second kappa shape index (κ2) is 8.16. The maximum absolute atomic E-state index is 13.0. The molecule has 0 atom stereocenters. The van der Waals surface area contributed by atoms with E-state index in [1.54, 1.807) is 4.90 Å². The van der Waals surface area contributed by atoms with Crippen LogP contribution in [-0.4, -0.2) is 33.4 Å². The highest BCUT2D eigenvalue weighted by Gasteiger charge is 2.31. The van der Waals surface area contributed by atoms with Crippen LogP contribution in [0.2, 0.25) is 0 Å². The second-order valence-corrected chi connectivity index (χ2v) is 6.91. The average molecular weight is 393 g/mol. The first kappa shape index (κ1) is 20.1. The predicted octanol–water partition coefficient (Wildman–Crippen LogP) is 3.55. The maximum atomic E-state index is 13.0. The van der Waals surface area contributed by atoms with Crippen LogP contribution in [0.4, 0.5) is 13.2 Å². The third-order valence-corrected chi connectivity index (χ3v) is 4.94. The Labute approximate surface area is 160 Å². The maximum Gasteiger partial charge on any atom is 0.416 e. The molecule has 0 saturated carbocycles. The Morgan fingerprint density at radius 3 is 2.57 bits per heavy atom. The summed E-state index contributed by atoms with van der Waals surface area (Å²) in [5, 5.41) is 0. The zero-order chi connectivity index (χ0) is 20.3. The number of hydrogen-bond acceptors (Lipinski definition) is 3. The zero-order valence-corrected chi connectivity index (χ0v) is 15.5. The molecule has 1 aliphatic rings. The number of alkyl halides is 3. The van der Waals surface area contributed by atoms with E-state index in [4.69, 9.17) is 0 Å². The van der Waals surface area contributed by atoms with Gasteiger partial charge in [-0.15, -0.1) is 6.58 Å². The van der Waals surface area contributed by atoms with E-state index in [-0.39, 0.29) is 36.5 Å². The second-order valence-electron chi connectivity index (χ2n) is 6.91. The number of rotatable bonds is 5. The minimum Gasteiger partial charge on any atom is -0.343 e. The van der Waals surface area contributed by atoms with E-state index in [1.807, 2.05) is 0 Å². The van der Waals surface area contributed by atoms with Crippen LogP contribution in [0.1, 0.15) is 36.9 Å². The first-order valence-corrected chi connectivity index (χ1v) is 9.30. The van der Waals surface area contributed by atoms with E-state index in [1.165, 1.54) is 16.7 Å². The minimum absolute atomic E-state index is 0.0553. The van der Waals surface area contributed by atoms with E-state index < -0.39 is 17.3 Å². The van der Waals surface area contributed by atoms with Crippen LogP contribution in [0.15, 0.2) is 35.6 Å². The van der Waals surface area contributed by atoms with Gasteiger partial charge in [0.2, 0.25) is 5.91 Å². The summed E-state index contributed by atoms with van der Waals surface area (Å²) < 4.78 is 40.5. The van der Waals surface area contributed by atoms with Gasteiger partial charge in [-0.25, -0.2) is 4.98 Å². The van der Waals surface area contributed by atoms with E-state index in [0.717, 1.165) is 31.4 Å². The SMILES string of the molecule is C=CCn1c(=O)c(CCC(=O)N2CCCCC2)nc2cc(C(F)(F)F)ccc21. The number of likely N-dealkylation sites (tertiary alicyclic amines) is 1. The molecule has 1 aromatic carbocycles. The zero-order valence-electron chi connectivity index (χ0n) is 15.5. The van der Waals surface area contributed by atoms with Crippen LogP contribution in [0.3, 0.4) is 0 Å². The molecule has 0 aliphatic carbocycles. The lowest BCUT2D eigenvalue weighted by Crippen LogP contribution is -2.36. The van der Waals surface area contributed by atoms with Crippen molar-refractivity contribution in [1.82, 2.24) is 14.5 Å². The third kappa shape index (κ3) is 4.26. The van der Waals surface area contributed by atoms with Crippen molar-refractivity contribution < 1.29 is 18.0 Å². The molecule has 0 radical (unpaired) electrons. The molecule has 0 unspecified atom stereocenters. The van der Waals surface area contributed by atoms with Crippen molar-refractivity contribution >= 4 is 16.9 Å². The number of benzene rings is 1. The molecular formula is C20H22F3N3O2. The highest BCUT2D eigenvalue weighted by atomic mass is 19.4. The Morgan fingerprint density at radius 2 is 1.93 bits per heavy atom. The Kier molecular flexibility index (Phi) is 5.86. The van der Waals surface area contributed by atoms with Gasteiger partial charge in [-0.05, 0) is 37.5 Å². The summed E-state index contributed by atoms with van der Waals surface area (Å²) in [6.07, 6.45) is 0.238. The van der Waals surface area contributed by atoms with E-state index in [0.29, 0.717) is 18.6 Å². The molecule has 5 nitrogen and oxygen atoms in total. The molecule has 1 amide bonds. The summed E-state index contributed by atoms with van der Waals surface area (Å²) in [6, 6.07) is 3.12. The molecule has 2 aromatic rings. The van der Waals surface area contributed by atoms with Crippen LogP contribution >= 0.6 is 0 Å². The van der Waals surface area contributed by atoms with Gasteiger partial charge in [-0.3, -0.25) is 9.59 Å². The summed E-state index contributed by atoms with van der Waals surface area (Å²) >= 11 is 0. The molecule has 2 heterocycles. The van der Waals surface area contributed by atoms with Gasteiger partial charge >= 0.3 is 6.18 Å². The van der Waals surface area contributed by atoms with Crippen molar-refractivity contribution in [3.63, 3.8) is 0 Å². The molecule has 28 heavy (non-hydrogen) atoms. The number of piperidine rings is 1. The monoisotopic (exact) mass is 393 g/mol. The number of halogens is 3. The summed E-state index contributed by atoms with van der Waals surface area (Å²) in [7, 11) is 0. The van der Waals surface area contributed by atoms with Crippen molar-refractivity contribution in [2.24, 2.45) is 0 Å². The molecule has 3 rings (SSSR count). The quantitative estimate of drug-likeness (QED) is 0.730. The van der Waals surface area contributed by atoms with Crippen molar-refractivity contribution in [3.05, 3.63) is 52.5 Å². The lowest BCUT2D eigenvalue weighted by Gasteiger charge is -2.26. The normalized spacial score (nSPS) is 15.0. The van der Waals surface area contributed by atoms with Crippen molar-refractivity contribution in [2.45, 2.75) is 44.8 Å². The van der Waals surface area contributed by atoms with Crippen LogP contribution in [0.5, 0.6) is 0 Å². The summed E-state index contributed by atoms with van der Waals surface area (Å²) in [4.78, 5) is 31.1. The van der Waals surface area contributed by atoms with Gasteiger partial charge in [-0.2, -0.15) is 13.2 Å². The molecule has 1 saturated heterocycles. The van der Waals surface area contributed by atoms with Crippen molar-refractivity contribution in [3.8, 4) is 0 Å². The lowest BCUT2D eigenvalue weighted by atomic mass is 10.1. The number of aromatic nitrogens is 2. The van der Waals surface area contributed by atoms with Gasteiger partial charge in [0.1, 0.15) is 5.69 Å². The molecule has 8 heteroatoms. The molecule has 1 aromatic heterocycles. The summed E-state index contributed by atoms with van der Waals surface area (Å²) in [6.45, 7) is 5.17. The molecule has 150 valence electrons. The standard InChI is InChI=1S/C20H22F3N3O2/c1-2-10-26-17-8-6-14(20(21,22)23)13-16(17)24-15(19(26)28)7-9-18(27)25-11-4-3-5-12-25/h2,6,8,13H,1,3-5,7,9-12H2. The predicted molar refractivity (Wildman–Crippen MR) is 100.0 cm³/mol. The van der Waals surface area contributed by atoms with Gasteiger partial charge in [0, 0.05) is 32.5 Å². The number of carbonyl (C=O) groups is 1. The van der Waals surface area contributed by atoms with Gasteiger partial charge < -0.3 is 9.47 Å². The molecule has 0 spiro atoms. The smallest absolute Gasteiger partial charge is 0.343 e. The molecular weight excluding hydrogens is 371 g/mol. The van der Waals surface area contributed by atoms with E-state index in [2.05, 4.69) is 11.6 Å². The lowest BCUT2D eigenvalue weighted by molar-refractivity contribution is -0.137. The fourth-order valence-electron chi connectivity index (χ4n) is 3.48. The fraction of sp³-hybridized carbons (Fsp3) is 0.450. The van der Waals surface area contributed by atoms with Gasteiger partial charge in [0.05, 0.1) is 16.6 Å². The summed E-state index contributed by atoms with van der Waals surface area (Å²) in [5.41, 5.74) is -0.745. The van der Waals surface area contributed by atoms with Crippen molar-refractivity contribution in [2.75, 3.05) is 13.1 Å². The number of amides is 1. The minimum atomic E-state index is -4.50. The van der Waals surface area contributed by atoms with E-state index in [9.17, 15) is 22.8 Å². The number of nitrogens with zero attached hydrogens (tertiary/aromatic N) is 3. The topological polar surface area (TPSA) is 55.2 Å². The number of carbonyl (C=O) groups excluding carboxylic acids is 1. The Morgan fingerprint density at radius 1 is 1.21 bits per heavy atom. The third-order valence-electron chi connectivity index (χ3n) is 4.94. The summed E-state index contributed by atoms with van der Waals surface area (Å²) in [5.74, 6) is -0.0553. The molecule has 0 N–H and O–H groups in total. The molecule has 1 fully saturated rings. The van der Waals surface area contributed by atoms with Crippen LogP contribution in [-0.2, 0) is 23.9 Å². The van der Waals surface area contributed by atoms with Gasteiger partial charge in [-0.1, -0.05) is 6.08 Å². The first-order chi connectivity index (χ1) is 13.3. The number of allylic oxidation sites excluding steroid dienone is 1. The van der Waals surface area contributed by atoms with E-state index >= 15 is 0 Å². The van der Waals surface area contributed by atoms with Crippen molar-refractivity contribution in [1.29, 1.82) is 0 Å². The number of hydrogen-bond donors (Lipinski definition) is 0. The largest absolute Gasteiger partial charge is 0.416 e. The first-order valence-electron chi connectivity index (χ1n) is 9.30. The van der Waals surface area contributed by atoms with Gasteiger partial charge in [0.15, 0.2) is 0 Å². The number of fused-ring (bicyclic) bond motifs is 1. The Balaban J connectivity index is 1.94. The van der Waals surface area contributed by atoms with Gasteiger partial charge in [0.25, 0.3) is 5.56 Å².